The Morgan fingerprint density at radius 3 is 2.04 bits per heavy atom. The third-order valence-corrected chi connectivity index (χ3v) is 5.75. The summed E-state index contributed by atoms with van der Waals surface area (Å²) in [7, 11) is 0. The van der Waals surface area contributed by atoms with Crippen LogP contribution in [0.15, 0.2) is 24.3 Å². The van der Waals surface area contributed by atoms with E-state index >= 15 is 0 Å². The second-order valence-corrected chi connectivity index (χ2v) is 7.19. The lowest BCUT2D eigenvalue weighted by Crippen LogP contribution is -2.37. The maximum atomic E-state index is 12.7. The fourth-order valence-corrected chi connectivity index (χ4v) is 3.74. The molecule has 0 aromatic heterocycles. The molecule has 1 heterocycles. The van der Waals surface area contributed by atoms with E-state index in [1.54, 1.807) is 31.2 Å². The molecule has 0 atom stereocenters. The summed E-state index contributed by atoms with van der Waals surface area (Å²) in [5.74, 6) is -1.70. The smallest absolute Gasteiger partial charge is 0.263 e. The molecule has 0 unspecified atom stereocenters. The molecule has 0 radical (unpaired) electrons. The Morgan fingerprint density at radius 1 is 0.964 bits per heavy atom. The number of imide groups is 1. The van der Waals surface area contributed by atoms with E-state index in [1.165, 1.54) is 0 Å². The number of hydrogen-bond donors (Lipinski definition) is 1. The number of carbonyl (C=O) groups excluding carboxylic acids is 3. The molecule has 3 amide bonds. The van der Waals surface area contributed by atoms with Crippen molar-refractivity contribution in [2.75, 3.05) is 18.5 Å². The van der Waals surface area contributed by atoms with Crippen molar-refractivity contribution in [2.45, 2.75) is 6.92 Å². The second-order valence-electron chi connectivity index (χ2n) is 5.68. The first-order valence-electron chi connectivity index (χ1n) is 8.01. The molecule has 1 N–H and O–H groups in total. The first kappa shape index (κ1) is 20.7. The van der Waals surface area contributed by atoms with Crippen LogP contribution in [0, 0.1) is 0 Å². The molecule has 0 spiro atoms. The van der Waals surface area contributed by atoms with Gasteiger partial charge in [-0.3, -0.25) is 19.3 Å². The van der Waals surface area contributed by atoms with Crippen LogP contribution in [0.3, 0.4) is 0 Å². The Labute approximate surface area is 180 Å². The standard InChI is InChI=1S/C18H12Cl4N2O4/c1-2-28-9-6-4-3-5-8(9)23-10(25)7-24-17(26)11-12(18(24)27)14(20)16(22)15(21)13(11)19/h3-6H,2,7H2,1H3,(H,23,25). The van der Waals surface area contributed by atoms with Gasteiger partial charge >= 0.3 is 0 Å². The number of rotatable bonds is 5. The Kier molecular flexibility index (Phi) is 6.05. The number of anilines is 1. The van der Waals surface area contributed by atoms with Crippen molar-refractivity contribution in [3.05, 3.63) is 55.5 Å². The van der Waals surface area contributed by atoms with Crippen LogP contribution in [0.5, 0.6) is 5.75 Å². The predicted molar refractivity (Wildman–Crippen MR) is 108 cm³/mol. The quantitative estimate of drug-likeness (QED) is 0.389. The van der Waals surface area contributed by atoms with Crippen LogP contribution in [-0.4, -0.2) is 35.8 Å². The molecule has 0 saturated heterocycles. The minimum Gasteiger partial charge on any atom is -0.492 e. The lowest BCUT2D eigenvalue weighted by molar-refractivity contribution is -0.116. The molecule has 10 heteroatoms. The molecule has 3 rings (SSSR count). The lowest BCUT2D eigenvalue weighted by atomic mass is 10.1. The lowest BCUT2D eigenvalue weighted by Gasteiger charge is -2.15. The molecule has 1 aliphatic rings. The fraction of sp³-hybridized carbons (Fsp3) is 0.167. The Bertz CT molecular complexity index is 963. The van der Waals surface area contributed by atoms with Gasteiger partial charge < -0.3 is 10.1 Å². The number of carbonyl (C=O) groups is 3. The molecule has 2 aromatic rings. The number of nitrogens with zero attached hydrogens (tertiary/aromatic N) is 1. The third kappa shape index (κ3) is 3.53. The highest BCUT2D eigenvalue weighted by Crippen LogP contribution is 2.44. The van der Waals surface area contributed by atoms with Crippen LogP contribution in [-0.2, 0) is 4.79 Å². The molecular formula is C18H12Cl4N2O4. The van der Waals surface area contributed by atoms with E-state index in [0.29, 0.717) is 18.0 Å². The van der Waals surface area contributed by atoms with E-state index < -0.39 is 24.3 Å². The van der Waals surface area contributed by atoms with Gasteiger partial charge in [-0.15, -0.1) is 0 Å². The van der Waals surface area contributed by atoms with Gasteiger partial charge in [0.05, 0.1) is 43.5 Å². The number of benzene rings is 2. The van der Waals surface area contributed by atoms with Gasteiger partial charge in [-0.05, 0) is 19.1 Å². The van der Waals surface area contributed by atoms with Crippen LogP contribution in [0.25, 0.3) is 0 Å². The zero-order valence-electron chi connectivity index (χ0n) is 14.3. The van der Waals surface area contributed by atoms with Crippen molar-refractivity contribution in [3.8, 4) is 5.75 Å². The van der Waals surface area contributed by atoms with Gasteiger partial charge in [0.2, 0.25) is 5.91 Å². The molecular weight excluding hydrogens is 450 g/mol. The van der Waals surface area contributed by atoms with Crippen LogP contribution in [0.1, 0.15) is 27.6 Å². The first-order chi connectivity index (χ1) is 13.3. The summed E-state index contributed by atoms with van der Waals surface area (Å²) < 4.78 is 5.43. The number of hydrogen-bond acceptors (Lipinski definition) is 4. The maximum absolute atomic E-state index is 12.7. The zero-order valence-corrected chi connectivity index (χ0v) is 17.3. The van der Waals surface area contributed by atoms with Crippen molar-refractivity contribution in [2.24, 2.45) is 0 Å². The molecule has 0 saturated carbocycles. The van der Waals surface area contributed by atoms with Gasteiger partial charge in [-0.1, -0.05) is 58.5 Å². The minimum absolute atomic E-state index is 0.134. The van der Waals surface area contributed by atoms with Crippen molar-refractivity contribution >= 4 is 69.8 Å². The highest BCUT2D eigenvalue weighted by Gasteiger charge is 2.42. The normalized spacial score (nSPS) is 13.0. The minimum atomic E-state index is -0.779. The van der Waals surface area contributed by atoms with E-state index in [-0.39, 0.29) is 31.2 Å². The van der Waals surface area contributed by atoms with Gasteiger partial charge in [-0.25, -0.2) is 0 Å². The van der Waals surface area contributed by atoms with E-state index in [4.69, 9.17) is 51.1 Å². The Hall–Kier alpha value is -1.99. The molecule has 0 aliphatic carbocycles. The monoisotopic (exact) mass is 460 g/mol. The fourth-order valence-electron chi connectivity index (χ4n) is 2.72. The van der Waals surface area contributed by atoms with Gasteiger partial charge in [-0.2, -0.15) is 0 Å². The molecule has 0 fully saturated rings. The summed E-state index contributed by atoms with van der Waals surface area (Å²) in [5.41, 5.74) is 0.0651. The molecule has 28 heavy (non-hydrogen) atoms. The Balaban J connectivity index is 1.85. The topological polar surface area (TPSA) is 75.7 Å². The zero-order chi connectivity index (χ0) is 20.6. The van der Waals surface area contributed by atoms with Crippen LogP contribution in [0.2, 0.25) is 20.1 Å². The first-order valence-corrected chi connectivity index (χ1v) is 9.52. The predicted octanol–water partition coefficient (Wildman–Crippen LogP) is 4.93. The van der Waals surface area contributed by atoms with E-state index in [2.05, 4.69) is 5.32 Å². The van der Waals surface area contributed by atoms with Gasteiger partial charge in [0, 0.05) is 0 Å². The number of amides is 3. The van der Waals surface area contributed by atoms with E-state index in [0.717, 1.165) is 4.90 Å². The SMILES string of the molecule is CCOc1ccccc1NC(=O)CN1C(=O)c2c(Cl)c(Cl)c(Cl)c(Cl)c2C1=O. The van der Waals surface area contributed by atoms with Gasteiger partial charge in [0.15, 0.2) is 0 Å². The largest absolute Gasteiger partial charge is 0.492 e. The summed E-state index contributed by atoms with van der Waals surface area (Å²) in [6, 6.07) is 6.79. The van der Waals surface area contributed by atoms with E-state index in [9.17, 15) is 14.4 Å². The summed E-state index contributed by atoms with van der Waals surface area (Å²) in [5, 5.41) is 1.97. The Morgan fingerprint density at radius 2 is 1.50 bits per heavy atom. The van der Waals surface area contributed by atoms with E-state index in [1.807, 2.05) is 0 Å². The van der Waals surface area contributed by atoms with Crippen molar-refractivity contribution in [3.63, 3.8) is 0 Å². The summed E-state index contributed by atoms with van der Waals surface area (Å²) >= 11 is 24.1. The van der Waals surface area contributed by atoms with Gasteiger partial charge in [0.25, 0.3) is 11.8 Å². The maximum Gasteiger partial charge on any atom is 0.263 e. The summed E-state index contributed by atoms with van der Waals surface area (Å²) in [6.07, 6.45) is 0. The molecule has 0 bridgehead atoms. The highest BCUT2D eigenvalue weighted by molar-refractivity contribution is 6.55. The van der Waals surface area contributed by atoms with Crippen LogP contribution >= 0.6 is 46.4 Å². The molecule has 146 valence electrons. The number of nitrogens with one attached hydrogen (secondary N) is 1. The molecule has 2 aromatic carbocycles. The van der Waals surface area contributed by atoms with Crippen molar-refractivity contribution in [1.29, 1.82) is 0 Å². The average Bonchev–Trinajstić information content (AvgIpc) is 2.91. The third-order valence-electron chi connectivity index (χ3n) is 3.95. The van der Waals surface area contributed by atoms with Crippen molar-refractivity contribution in [1.82, 2.24) is 4.90 Å². The van der Waals surface area contributed by atoms with Crippen molar-refractivity contribution < 1.29 is 19.1 Å². The van der Waals surface area contributed by atoms with Crippen LogP contribution < -0.4 is 10.1 Å². The number of halogens is 4. The van der Waals surface area contributed by atoms with Crippen LogP contribution in [0.4, 0.5) is 5.69 Å². The number of fused-ring (bicyclic) bond motifs is 1. The number of ether oxygens (including phenoxy) is 1. The summed E-state index contributed by atoms with van der Waals surface area (Å²) in [4.78, 5) is 38.5. The van der Waals surface area contributed by atoms with Gasteiger partial charge in [0.1, 0.15) is 12.3 Å². The number of para-hydroxylation sites is 2. The highest BCUT2D eigenvalue weighted by atomic mass is 35.5. The average molecular weight is 462 g/mol. The second kappa shape index (κ2) is 8.17. The molecule has 1 aliphatic heterocycles. The molecule has 6 nitrogen and oxygen atoms in total. The summed E-state index contributed by atoms with van der Waals surface area (Å²) in [6.45, 7) is 1.67.